The van der Waals surface area contributed by atoms with Crippen LogP contribution < -0.4 is 10.2 Å². The number of hydrogen-bond acceptors (Lipinski definition) is 4. The van der Waals surface area contributed by atoms with E-state index >= 15 is 0 Å². The highest BCUT2D eigenvalue weighted by Gasteiger charge is 2.11. The van der Waals surface area contributed by atoms with Crippen LogP contribution in [-0.4, -0.2) is 29.0 Å². The summed E-state index contributed by atoms with van der Waals surface area (Å²) in [6, 6.07) is 20.5. The van der Waals surface area contributed by atoms with Gasteiger partial charge in [0.2, 0.25) is 5.95 Å². The lowest BCUT2D eigenvalue weighted by atomic mass is 10.1. The van der Waals surface area contributed by atoms with Crippen LogP contribution in [0.4, 0.5) is 5.95 Å². The normalized spacial score (nSPS) is 10.5. The van der Waals surface area contributed by atoms with Gasteiger partial charge >= 0.3 is 0 Å². The Kier molecular flexibility index (Phi) is 7.13. The van der Waals surface area contributed by atoms with Crippen LogP contribution in [0.25, 0.3) is 0 Å². The molecular weight excluding hydrogens is 348 g/mol. The maximum Gasteiger partial charge on any atom is 0.254 e. The lowest BCUT2D eigenvalue weighted by Crippen LogP contribution is -2.27. The van der Waals surface area contributed by atoms with E-state index in [1.807, 2.05) is 36.4 Å². The Morgan fingerprint density at radius 1 is 0.929 bits per heavy atom. The van der Waals surface area contributed by atoms with E-state index in [9.17, 15) is 4.79 Å². The maximum atomic E-state index is 12.3. The first-order valence-corrected chi connectivity index (χ1v) is 9.69. The van der Waals surface area contributed by atoms with Crippen molar-refractivity contribution < 1.29 is 4.79 Å². The van der Waals surface area contributed by atoms with Gasteiger partial charge in [0.15, 0.2) is 0 Å². The zero-order valence-electron chi connectivity index (χ0n) is 16.2. The van der Waals surface area contributed by atoms with Crippen LogP contribution in [0.2, 0.25) is 0 Å². The zero-order chi connectivity index (χ0) is 19.6. The van der Waals surface area contributed by atoms with E-state index in [0.717, 1.165) is 25.9 Å². The Labute approximate surface area is 166 Å². The van der Waals surface area contributed by atoms with Gasteiger partial charge in [-0.05, 0) is 30.9 Å². The van der Waals surface area contributed by atoms with Crippen LogP contribution in [0.1, 0.15) is 34.8 Å². The minimum absolute atomic E-state index is 0.134. The van der Waals surface area contributed by atoms with Crippen LogP contribution >= 0.6 is 0 Å². The molecule has 0 saturated heterocycles. The molecule has 5 nitrogen and oxygen atoms in total. The minimum atomic E-state index is -0.134. The molecule has 5 heteroatoms. The van der Waals surface area contributed by atoms with Crippen molar-refractivity contribution in [3.8, 4) is 0 Å². The summed E-state index contributed by atoms with van der Waals surface area (Å²) in [5, 5.41) is 2.94. The maximum absolute atomic E-state index is 12.3. The molecule has 0 saturated carbocycles. The van der Waals surface area contributed by atoms with Crippen LogP contribution in [0.15, 0.2) is 73.1 Å². The Hall–Kier alpha value is -3.21. The van der Waals surface area contributed by atoms with Crippen molar-refractivity contribution in [2.75, 3.05) is 18.0 Å². The molecule has 0 unspecified atom stereocenters. The van der Waals surface area contributed by atoms with Crippen molar-refractivity contribution in [3.05, 3.63) is 89.7 Å². The van der Waals surface area contributed by atoms with Crippen LogP contribution in [0, 0.1) is 0 Å². The number of nitrogens with one attached hydrogen (secondary N) is 1. The number of nitrogens with zero attached hydrogens (tertiary/aromatic N) is 3. The molecule has 0 aliphatic rings. The molecule has 144 valence electrons. The van der Waals surface area contributed by atoms with Gasteiger partial charge in [-0.1, -0.05) is 60.7 Å². The molecule has 1 aromatic heterocycles. The number of hydrogen-bond donors (Lipinski definition) is 1. The summed E-state index contributed by atoms with van der Waals surface area (Å²) in [4.78, 5) is 23.2. The van der Waals surface area contributed by atoms with Crippen LogP contribution in [0.5, 0.6) is 0 Å². The minimum Gasteiger partial charge on any atom is -0.352 e. The molecule has 3 rings (SSSR count). The molecule has 0 aliphatic heterocycles. The fourth-order valence-corrected chi connectivity index (χ4v) is 2.97. The highest BCUT2D eigenvalue weighted by atomic mass is 16.1. The summed E-state index contributed by atoms with van der Waals surface area (Å²) >= 11 is 0. The monoisotopic (exact) mass is 374 g/mol. The lowest BCUT2D eigenvalue weighted by molar-refractivity contribution is 0.0952. The molecule has 1 heterocycles. The Bertz CT molecular complexity index is 851. The summed E-state index contributed by atoms with van der Waals surface area (Å²) in [6.07, 6.45) is 5.04. The number of benzene rings is 2. The van der Waals surface area contributed by atoms with Crippen molar-refractivity contribution >= 4 is 11.9 Å². The second kappa shape index (κ2) is 10.2. The van der Waals surface area contributed by atoms with Gasteiger partial charge in [0.1, 0.15) is 0 Å². The molecule has 0 atom stereocenters. The van der Waals surface area contributed by atoms with Crippen molar-refractivity contribution in [3.63, 3.8) is 0 Å². The molecule has 1 amide bonds. The van der Waals surface area contributed by atoms with E-state index < -0.39 is 0 Å². The molecule has 0 spiro atoms. The Morgan fingerprint density at radius 2 is 1.54 bits per heavy atom. The first kappa shape index (κ1) is 19.5. The topological polar surface area (TPSA) is 58.1 Å². The molecule has 0 fully saturated rings. The van der Waals surface area contributed by atoms with Crippen molar-refractivity contribution in [2.24, 2.45) is 0 Å². The summed E-state index contributed by atoms with van der Waals surface area (Å²) in [5.41, 5.74) is 2.97. The third-order valence-corrected chi connectivity index (χ3v) is 4.55. The van der Waals surface area contributed by atoms with Crippen LogP contribution in [0.3, 0.4) is 0 Å². The number of aromatic nitrogens is 2. The van der Waals surface area contributed by atoms with Gasteiger partial charge in [-0.25, -0.2) is 9.97 Å². The number of carbonyl (C=O) groups excluding carboxylic acids is 1. The average Bonchev–Trinajstić information content (AvgIpc) is 2.76. The molecule has 0 radical (unpaired) electrons. The lowest BCUT2D eigenvalue weighted by Gasteiger charge is -2.20. The number of anilines is 1. The predicted octanol–water partition coefficient (Wildman–Crippen LogP) is 3.87. The summed E-state index contributed by atoms with van der Waals surface area (Å²) in [5.74, 6) is 0.498. The van der Waals surface area contributed by atoms with E-state index in [2.05, 4.69) is 51.4 Å². The average molecular weight is 374 g/mol. The largest absolute Gasteiger partial charge is 0.352 e. The molecule has 0 aliphatic carbocycles. The summed E-state index contributed by atoms with van der Waals surface area (Å²) in [7, 11) is 0. The van der Waals surface area contributed by atoms with E-state index in [0.29, 0.717) is 18.1 Å². The van der Waals surface area contributed by atoms with Crippen molar-refractivity contribution in [1.82, 2.24) is 15.3 Å². The summed E-state index contributed by atoms with van der Waals surface area (Å²) < 4.78 is 0. The SMILES string of the molecule is CCN(Cc1ccccc1)c1ncc(C(=O)NCCCc2ccccc2)cn1. The molecule has 28 heavy (non-hydrogen) atoms. The van der Waals surface area contributed by atoms with Gasteiger partial charge in [0, 0.05) is 32.0 Å². The number of aryl methyl sites for hydroxylation is 1. The van der Waals surface area contributed by atoms with Gasteiger partial charge in [-0.15, -0.1) is 0 Å². The Morgan fingerprint density at radius 3 is 2.14 bits per heavy atom. The number of carbonyl (C=O) groups is 1. The van der Waals surface area contributed by atoms with E-state index in [1.165, 1.54) is 11.1 Å². The molecule has 3 aromatic rings. The summed E-state index contributed by atoms with van der Waals surface area (Å²) in [6.45, 7) is 4.23. The Balaban J connectivity index is 1.50. The van der Waals surface area contributed by atoms with Crippen molar-refractivity contribution in [1.29, 1.82) is 0 Å². The standard InChI is InChI=1S/C23H26N4O/c1-2-27(18-20-12-7-4-8-13-20)23-25-16-21(17-26-23)22(28)24-15-9-14-19-10-5-3-6-11-19/h3-8,10-13,16-17H,2,9,14-15,18H2,1H3,(H,24,28). The zero-order valence-corrected chi connectivity index (χ0v) is 16.2. The van der Waals surface area contributed by atoms with Crippen molar-refractivity contribution in [2.45, 2.75) is 26.3 Å². The number of rotatable bonds is 9. The molecule has 1 N–H and O–H groups in total. The second-order valence-corrected chi connectivity index (χ2v) is 6.62. The van der Waals surface area contributed by atoms with Gasteiger partial charge in [0.05, 0.1) is 5.56 Å². The quantitative estimate of drug-likeness (QED) is 0.578. The van der Waals surface area contributed by atoms with E-state index in [1.54, 1.807) is 12.4 Å². The fraction of sp³-hybridized carbons (Fsp3) is 0.261. The third-order valence-electron chi connectivity index (χ3n) is 4.55. The molecule has 0 bridgehead atoms. The van der Waals surface area contributed by atoms with E-state index in [4.69, 9.17) is 0 Å². The number of amides is 1. The smallest absolute Gasteiger partial charge is 0.254 e. The third kappa shape index (κ3) is 5.64. The van der Waals surface area contributed by atoms with Gasteiger partial charge in [-0.2, -0.15) is 0 Å². The predicted molar refractivity (Wildman–Crippen MR) is 112 cm³/mol. The van der Waals surface area contributed by atoms with Gasteiger partial charge in [-0.3, -0.25) is 4.79 Å². The fourth-order valence-electron chi connectivity index (χ4n) is 2.97. The van der Waals surface area contributed by atoms with Crippen LogP contribution in [-0.2, 0) is 13.0 Å². The highest BCUT2D eigenvalue weighted by Crippen LogP contribution is 2.12. The second-order valence-electron chi connectivity index (χ2n) is 6.62. The highest BCUT2D eigenvalue weighted by molar-refractivity contribution is 5.93. The van der Waals surface area contributed by atoms with Gasteiger partial charge < -0.3 is 10.2 Å². The van der Waals surface area contributed by atoms with Gasteiger partial charge in [0.25, 0.3) is 5.91 Å². The first-order chi connectivity index (χ1) is 13.8. The molecule has 2 aromatic carbocycles. The first-order valence-electron chi connectivity index (χ1n) is 9.69. The molecular formula is C23H26N4O. The van der Waals surface area contributed by atoms with E-state index in [-0.39, 0.29) is 5.91 Å².